The summed E-state index contributed by atoms with van der Waals surface area (Å²) in [7, 11) is 0. The van der Waals surface area contributed by atoms with Gasteiger partial charge < -0.3 is 9.64 Å². The first-order valence-corrected chi connectivity index (χ1v) is 7.64. The standard InChI is InChI=1S/C15H23NO3/c1-2-19-15(18)10-4-3-5-16(9-10)14(17)13-7-11-6-12(11)8-13/h10-13H,2-9H2,1H3/t10-,11?,12?,13?/m0/s1. The number of carbonyl (C=O) groups excluding carboxylic acids is 2. The van der Waals surface area contributed by atoms with Crippen LogP contribution in [0.4, 0.5) is 0 Å². The zero-order valence-corrected chi connectivity index (χ0v) is 11.6. The summed E-state index contributed by atoms with van der Waals surface area (Å²) < 4.78 is 5.08. The number of fused-ring (bicyclic) bond motifs is 1. The molecular formula is C15H23NO3. The SMILES string of the molecule is CCOC(=O)[C@H]1CCCN(C(=O)C2CC3CC3C2)C1. The number of ether oxygens (including phenoxy) is 1. The van der Waals surface area contributed by atoms with Crippen LogP contribution in [-0.2, 0) is 14.3 Å². The maximum absolute atomic E-state index is 12.5. The van der Waals surface area contributed by atoms with Crippen LogP contribution < -0.4 is 0 Å². The van der Waals surface area contributed by atoms with Crippen molar-refractivity contribution in [3.63, 3.8) is 0 Å². The van der Waals surface area contributed by atoms with Gasteiger partial charge in [0.1, 0.15) is 0 Å². The molecular weight excluding hydrogens is 242 g/mol. The van der Waals surface area contributed by atoms with Gasteiger partial charge in [0.2, 0.25) is 5.91 Å². The monoisotopic (exact) mass is 265 g/mol. The number of amides is 1. The first-order chi connectivity index (χ1) is 9.19. The topological polar surface area (TPSA) is 46.6 Å². The van der Waals surface area contributed by atoms with E-state index in [2.05, 4.69) is 0 Å². The Morgan fingerprint density at radius 2 is 1.89 bits per heavy atom. The molecule has 1 aliphatic heterocycles. The highest BCUT2D eigenvalue weighted by Gasteiger charge is 2.49. The molecule has 0 bridgehead atoms. The largest absolute Gasteiger partial charge is 0.466 e. The number of hydrogen-bond acceptors (Lipinski definition) is 3. The number of carbonyl (C=O) groups is 2. The molecule has 1 amide bonds. The van der Waals surface area contributed by atoms with Crippen LogP contribution in [0.2, 0.25) is 0 Å². The maximum atomic E-state index is 12.5. The minimum Gasteiger partial charge on any atom is -0.466 e. The molecule has 3 fully saturated rings. The summed E-state index contributed by atoms with van der Waals surface area (Å²) in [6.45, 7) is 3.65. The molecule has 4 heteroatoms. The Labute approximate surface area is 114 Å². The van der Waals surface area contributed by atoms with Crippen LogP contribution in [-0.4, -0.2) is 36.5 Å². The van der Waals surface area contributed by atoms with E-state index in [4.69, 9.17) is 4.74 Å². The van der Waals surface area contributed by atoms with Gasteiger partial charge in [-0.3, -0.25) is 9.59 Å². The maximum Gasteiger partial charge on any atom is 0.310 e. The number of hydrogen-bond donors (Lipinski definition) is 0. The van der Waals surface area contributed by atoms with Crippen molar-refractivity contribution in [1.82, 2.24) is 4.90 Å². The number of rotatable bonds is 3. The van der Waals surface area contributed by atoms with E-state index >= 15 is 0 Å². The number of nitrogens with zero attached hydrogens (tertiary/aromatic N) is 1. The van der Waals surface area contributed by atoms with Gasteiger partial charge >= 0.3 is 5.97 Å². The van der Waals surface area contributed by atoms with Gasteiger partial charge in [0.05, 0.1) is 12.5 Å². The molecule has 3 aliphatic rings. The summed E-state index contributed by atoms with van der Waals surface area (Å²) in [5, 5.41) is 0. The van der Waals surface area contributed by atoms with Crippen LogP contribution in [0.1, 0.15) is 39.0 Å². The van der Waals surface area contributed by atoms with Crippen LogP contribution in [0.5, 0.6) is 0 Å². The van der Waals surface area contributed by atoms with Crippen molar-refractivity contribution in [3.8, 4) is 0 Å². The summed E-state index contributed by atoms with van der Waals surface area (Å²) in [5.74, 6) is 1.97. The second-order valence-corrected chi connectivity index (χ2v) is 6.30. The number of piperidine rings is 1. The Morgan fingerprint density at radius 3 is 2.58 bits per heavy atom. The zero-order chi connectivity index (χ0) is 13.4. The molecule has 0 N–H and O–H groups in total. The normalized spacial score (nSPS) is 36.8. The average molecular weight is 265 g/mol. The van der Waals surface area contributed by atoms with Crippen molar-refractivity contribution in [1.29, 1.82) is 0 Å². The van der Waals surface area contributed by atoms with Crippen LogP contribution in [0, 0.1) is 23.7 Å². The Kier molecular flexibility index (Phi) is 3.50. The van der Waals surface area contributed by atoms with Gasteiger partial charge in [0.25, 0.3) is 0 Å². The molecule has 3 atom stereocenters. The molecule has 2 aliphatic carbocycles. The summed E-state index contributed by atoms with van der Waals surface area (Å²) in [5.41, 5.74) is 0. The lowest BCUT2D eigenvalue weighted by Gasteiger charge is -2.33. The molecule has 0 radical (unpaired) electrons. The summed E-state index contributed by atoms with van der Waals surface area (Å²) in [4.78, 5) is 26.2. The first-order valence-electron chi connectivity index (χ1n) is 7.64. The second-order valence-electron chi connectivity index (χ2n) is 6.30. The molecule has 0 aromatic heterocycles. The van der Waals surface area contributed by atoms with Crippen molar-refractivity contribution >= 4 is 11.9 Å². The highest BCUT2D eigenvalue weighted by atomic mass is 16.5. The Hall–Kier alpha value is -1.06. The third-order valence-electron chi connectivity index (χ3n) is 4.95. The fraction of sp³-hybridized carbons (Fsp3) is 0.867. The Balaban J connectivity index is 1.55. The molecule has 0 aromatic carbocycles. The smallest absolute Gasteiger partial charge is 0.310 e. The van der Waals surface area contributed by atoms with Crippen LogP contribution in [0.15, 0.2) is 0 Å². The van der Waals surface area contributed by atoms with Crippen molar-refractivity contribution in [2.45, 2.75) is 39.0 Å². The van der Waals surface area contributed by atoms with E-state index in [1.54, 1.807) is 0 Å². The summed E-state index contributed by atoms with van der Waals surface area (Å²) in [6.07, 6.45) is 5.30. The number of likely N-dealkylation sites (tertiary alicyclic amines) is 1. The van der Waals surface area contributed by atoms with Crippen LogP contribution >= 0.6 is 0 Å². The average Bonchev–Trinajstić information content (AvgIpc) is 3.05. The summed E-state index contributed by atoms with van der Waals surface area (Å²) >= 11 is 0. The van der Waals surface area contributed by atoms with Crippen LogP contribution in [0.25, 0.3) is 0 Å². The third-order valence-corrected chi connectivity index (χ3v) is 4.95. The van der Waals surface area contributed by atoms with E-state index < -0.39 is 0 Å². The first kappa shape index (κ1) is 12.9. The highest BCUT2D eigenvalue weighted by Crippen LogP contribution is 2.54. The molecule has 0 spiro atoms. The minimum absolute atomic E-state index is 0.103. The predicted molar refractivity (Wildman–Crippen MR) is 70.3 cm³/mol. The zero-order valence-electron chi connectivity index (χ0n) is 11.6. The van der Waals surface area contributed by atoms with Crippen molar-refractivity contribution in [2.75, 3.05) is 19.7 Å². The quantitative estimate of drug-likeness (QED) is 0.731. The Bertz CT molecular complexity index is 372. The van der Waals surface area contributed by atoms with Gasteiger partial charge in [-0.1, -0.05) is 0 Å². The van der Waals surface area contributed by atoms with Crippen molar-refractivity contribution in [2.24, 2.45) is 23.7 Å². The lowest BCUT2D eigenvalue weighted by Crippen LogP contribution is -2.45. The molecule has 106 valence electrons. The fourth-order valence-electron chi connectivity index (χ4n) is 3.80. The lowest BCUT2D eigenvalue weighted by atomic mass is 9.95. The van der Waals surface area contributed by atoms with Gasteiger partial charge in [-0.05, 0) is 50.9 Å². The highest BCUT2D eigenvalue weighted by molar-refractivity contribution is 5.81. The molecule has 4 nitrogen and oxygen atoms in total. The molecule has 0 aromatic rings. The van der Waals surface area contributed by atoms with E-state index in [9.17, 15) is 9.59 Å². The van der Waals surface area contributed by atoms with Crippen molar-refractivity contribution < 1.29 is 14.3 Å². The molecule has 1 saturated heterocycles. The van der Waals surface area contributed by atoms with Crippen molar-refractivity contribution in [3.05, 3.63) is 0 Å². The Morgan fingerprint density at radius 1 is 1.16 bits per heavy atom. The van der Waals surface area contributed by atoms with E-state index in [-0.39, 0.29) is 17.8 Å². The second kappa shape index (κ2) is 5.14. The third kappa shape index (κ3) is 2.63. The van der Waals surface area contributed by atoms with Gasteiger partial charge in [0, 0.05) is 19.0 Å². The molecule has 2 saturated carbocycles. The predicted octanol–water partition coefficient (Wildman–Crippen LogP) is 1.83. The van der Waals surface area contributed by atoms with Crippen LogP contribution in [0.3, 0.4) is 0 Å². The molecule has 2 unspecified atom stereocenters. The van der Waals surface area contributed by atoms with E-state index in [0.29, 0.717) is 19.1 Å². The van der Waals surface area contributed by atoms with Gasteiger partial charge in [0.15, 0.2) is 0 Å². The summed E-state index contributed by atoms with van der Waals surface area (Å²) in [6, 6.07) is 0. The molecule has 19 heavy (non-hydrogen) atoms. The van der Waals surface area contributed by atoms with Gasteiger partial charge in [-0.2, -0.15) is 0 Å². The van der Waals surface area contributed by atoms with E-state index in [1.807, 2.05) is 11.8 Å². The van der Waals surface area contributed by atoms with E-state index in [0.717, 1.165) is 44.1 Å². The van der Waals surface area contributed by atoms with E-state index in [1.165, 1.54) is 6.42 Å². The van der Waals surface area contributed by atoms with Gasteiger partial charge in [-0.25, -0.2) is 0 Å². The van der Waals surface area contributed by atoms with Gasteiger partial charge in [-0.15, -0.1) is 0 Å². The lowest BCUT2D eigenvalue weighted by molar-refractivity contribution is -0.152. The minimum atomic E-state index is -0.130. The fourth-order valence-corrected chi connectivity index (χ4v) is 3.80. The molecule has 1 heterocycles. The number of esters is 1. The molecule has 3 rings (SSSR count).